The van der Waals surface area contributed by atoms with Crippen LogP contribution in [0.15, 0.2) is 30.6 Å². The highest BCUT2D eigenvalue weighted by Gasteiger charge is 2.14. The Hall–Kier alpha value is -0.310. The minimum atomic E-state index is -0.226. The summed E-state index contributed by atoms with van der Waals surface area (Å²) in [5.41, 5.74) is 0.562. The highest BCUT2D eigenvalue weighted by Crippen LogP contribution is 2.32. The Morgan fingerprint density at radius 3 is 2.53 bits per heavy atom. The summed E-state index contributed by atoms with van der Waals surface area (Å²) in [5.74, 6) is 0.183. The number of carbonyl (C=O) groups is 1. The van der Waals surface area contributed by atoms with Crippen molar-refractivity contribution < 1.29 is 4.79 Å². The summed E-state index contributed by atoms with van der Waals surface area (Å²) < 4.78 is 2.28. The zero-order valence-electron chi connectivity index (χ0n) is 8.08. The van der Waals surface area contributed by atoms with Gasteiger partial charge in [0.05, 0.1) is 25.5 Å². The van der Waals surface area contributed by atoms with Crippen LogP contribution < -0.4 is 5.32 Å². The van der Waals surface area contributed by atoms with Crippen LogP contribution in [0.5, 0.6) is 0 Å². The second-order valence-electron chi connectivity index (χ2n) is 2.92. The molecule has 88 valence electrons. The summed E-state index contributed by atoms with van der Waals surface area (Å²) in [4.78, 5) is 19.9. The van der Waals surface area contributed by atoms with E-state index in [0.717, 1.165) is 7.57 Å². The van der Waals surface area contributed by atoms with Gasteiger partial charge in [-0.3, -0.25) is 4.79 Å². The fourth-order valence-corrected chi connectivity index (χ4v) is 4.05. The molecule has 4 nitrogen and oxygen atoms in total. The Morgan fingerprint density at radius 2 is 2.00 bits per heavy atom. The Labute approximate surface area is 126 Å². The maximum absolute atomic E-state index is 11.9. The third-order valence-corrected chi connectivity index (χ3v) is 4.51. The number of hydrogen-bond acceptors (Lipinski definition) is 4. The van der Waals surface area contributed by atoms with E-state index >= 15 is 0 Å². The molecule has 1 N–H and O–H groups in total. The van der Waals surface area contributed by atoms with Gasteiger partial charge >= 0.3 is 0 Å². The van der Waals surface area contributed by atoms with Crippen LogP contribution in [-0.4, -0.2) is 15.9 Å². The number of nitrogens with one attached hydrogen (secondary N) is 1. The molecule has 0 spiro atoms. The second kappa shape index (κ2) is 5.55. The molecule has 2 aromatic heterocycles. The van der Waals surface area contributed by atoms with Gasteiger partial charge < -0.3 is 5.32 Å². The predicted molar refractivity (Wildman–Crippen MR) is 77.4 cm³/mol. The lowest BCUT2D eigenvalue weighted by Crippen LogP contribution is -2.12. The van der Waals surface area contributed by atoms with Crippen molar-refractivity contribution in [1.82, 2.24) is 9.97 Å². The quantitative estimate of drug-likeness (QED) is 0.764. The second-order valence-corrected chi connectivity index (χ2v) is 7.48. The van der Waals surface area contributed by atoms with Gasteiger partial charge in [0.25, 0.3) is 5.91 Å². The molecule has 17 heavy (non-hydrogen) atoms. The van der Waals surface area contributed by atoms with Crippen molar-refractivity contribution in [3.8, 4) is 0 Å². The number of amides is 1. The molecular formula is C9H4Br3N3OS. The number of anilines is 1. The van der Waals surface area contributed by atoms with Crippen LogP contribution in [0.4, 0.5) is 5.82 Å². The normalized spacial score (nSPS) is 10.3. The minimum absolute atomic E-state index is 0.226. The van der Waals surface area contributed by atoms with E-state index < -0.39 is 0 Å². The number of halogens is 3. The first-order valence-corrected chi connectivity index (χ1v) is 7.49. The fourth-order valence-electron chi connectivity index (χ4n) is 1.06. The molecular weight excluding hydrogens is 438 g/mol. The maximum atomic E-state index is 11.9. The molecule has 0 atom stereocenters. The van der Waals surface area contributed by atoms with E-state index in [1.165, 1.54) is 23.7 Å². The smallest absolute Gasteiger partial charge is 0.258 e. The van der Waals surface area contributed by atoms with Crippen molar-refractivity contribution in [2.24, 2.45) is 0 Å². The van der Waals surface area contributed by atoms with Crippen LogP contribution in [0.1, 0.15) is 10.4 Å². The lowest BCUT2D eigenvalue weighted by molar-refractivity contribution is 0.102. The molecule has 0 bridgehead atoms. The average Bonchev–Trinajstić information content (AvgIpc) is 2.61. The lowest BCUT2D eigenvalue weighted by atomic mass is 10.3. The number of aromatic nitrogens is 2. The monoisotopic (exact) mass is 439 g/mol. The van der Waals surface area contributed by atoms with Crippen LogP contribution in [0.25, 0.3) is 0 Å². The van der Waals surface area contributed by atoms with E-state index in [-0.39, 0.29) is 5.91 Å². The summed E-state index contributed by atoms with van der Waals surface area (Å²) in [6, 6.07) is 1.75. The number of thiophene rings is 1. The summed E-state index contributed by atoms with van der Waals surface area (Å²) in [7, 11) is 0. The van der Waals surface area contributed by atoms with Crippen LogP contribution in [0.3, 0.4) is 0 Å². The minimum Gasteiger partial charge on any atom is -0.305 e. The molecule has 0 unspecified atom stereocenters. The van der Waals surface area contributed by atoms with E-state index in [1.54, 1.807) is 6.07 Å². The lowest BCUT2D eigenvalue weighted by Gasteiger charge is -2.02. The molecule has 0 aliphatic rings. The van der Waals surface area contributed by atoms with Crippen LogP contribution >= 0.6 is 59.1 Å². The average molecular weight is 442 g/mol. The maximum Gasteiger partial charge on any atom is 0.258 e. The first-order valence-electron chi connectivity index (χ1n) is 4.30. The Morgan fingerprint density at radius 1 is 1.24 bits per heavy atom. The van der Waals surface area contributed by atoms with Gasteiger partial charge in [0.2, 0.25) is 0 Å². The van der Waals surface area contributed by atoms with E-state index in [4.69, 9.17) is 0 Å². The number of hydrogen-bond donors (Lipinski definition) is 1. The molecule has 0 aromatic carbocycles. The van der Waals surface area contributed by atoms with E-state index in [0.29, 0.717) is 16.0 Å². The van der Waals surface area contributed by atoms with Gasteiger partial charge in [0.1, 0.15) is 4.60 Å². The van der Waals surface area contributed by atoms with Crippen molar-refractivity contribution in [3.63, 3.8) is 0 Å². The Bertz CT molecular complexity index is 555. The van der Waals surface area contributed by atoms with Gasteiger partial charge in [-0.15, -0.1) is 11.3 Å². The Kier molecular flexibility index (Phi) is 4.29. The van der Waals surface area contributed by atoms with E-state index in [2.05, 4.69) is 63.1 Å². The number of nitrogens with zero attached hydrogens (tertiary/aromatic N) is 2. The predicted octanol–water partition coefficient (Wildman–Crippen LogP) is 4.08. The van der Waals surface area contributed by atoms with Crippen molar-refractivity contribution in [2.45, 2.75) is 0 Å². The first-order chi connectivity index (χ1) is 8.06. The third kappa shape index (κ3) is 3.34. The molecule has 0 saturated heterocycles. The molecule has 8 heteroatoms. The van der Waals surface area contributed by atoms with Crippen molar-refractivity contribution in [1.29, 1.82) is 0 Å². The molecule has 2 aromatic rings. The third-order valence-electron chi connectivity index (χ3n) is 1.76. The van der Waals surface area contributed by atoms with Gasteiger partial charge in [-0.25, -0.2) is 9.97 Å². The van der Waals surface area contributed by atoms with Crippen LogP contribution in [0, 0.1) is 0 Å². The van der Waals surface area contributed by atoms with Gasteiger partial charge in [-0.1, -0.05) is 0 Å². The summed E-state index contributed by atoms with van der Waals surface area (Å²) >= 11 is 11.3. The first kappa shape index (κ1) is 13.1. The summed E-state index contributed by atoms with van der Waals surface area (Å²) in [5, 5.41) is 2.66. The van der Waals surface area contributed by atoms with Gasteiger partial charge in [-0.2, -0.15) is 0 Å². The highest BCUT2D eigenvalue weighted by atomic mass is 79.9. The van der Waals surface area contributed by atoms with Gasteiger partial charge in [0, 0.05) is 0 Å². The topological polar surface area (TPSA) is 54.9 Å². The molecule has 0 fully saturated rings. The molecule has 0 aliphatic carbocycles. The fraction of sp³-hybridized carbons (Fsp3) is 0. The summed E-state index contributed by atoms with van der Waals surface area (Å²) in [6.45, 7) is 0. The summed E-state index contributed by atoms with van der Waals surface area (Å²) in [6.07, 6.45) is 3.01. The van der Waals surface area contributed by atoms with E-state index in [9.17, 15) is 4.79 Å². The van der Waals surface area contributed by atoms with E-state index in [1.807, 2.05) is 0 Å². The largest absolute Gasteiger partial charge is 0.305 e. The zero-order valence-corrected chi connectivity index (χ0v) is 13.7. The number of carbonyl (C=O) groups excluding carboxylic acids is 1. The molecule has 0 saturated carbocycles. The standard InChI is InChI=1S/C9H4Br3N3OS/c10-5-2-14-7(3-13-5)15-9(16)4-1-6(11)17-8(4)12/h1-3H,(H,14,15,16). The van der Waals surface area contributed by atoms with Crippen molar-refractivity contribution in [2.75, 3.05) is 5.32 Å². The zero-order chi connectivity index (χ0) is 12.4. The van der Waals surface area contributed by atoms with Crippen molar-refractivity contribution in [3.05, 3.63) is 36.2 Å². The van der Waals surface area contributed by atoms with Gasteiger partial charge in [-0.05, 0) is 53.9 Å². The SMILES string of the molecule is O=C(Nc1cnc(Br)cn1)c1cc(Br)sc1Br. The number of rotatable bonds is 2. The molecule has 2 heterocycles. The molecule has 0 aliphatic heterocycles. The molecule has 2 rings (SSSR count). The molecule has 0 radical (unpaired) electrons. The van der Waals surface area contributed by atoms with Crippen molar-refractivity contribution >= 4 is 70.9 Å². The Balaban J connectivity index is 2.17. The highest BCUT2D eigenvalue weighted by molar-refractivity contribution is 9.12. The van der Waals surface area contributed by atoms with Gasteiger partial charge in [0.15, 0.2) is 5.82 Å². The molecule has 1 amide bonds. The van der Waals surface area contributed by atoms with Crippen LogP contribution in [-0.2, 0) is 0 Å². The van der Waals surface area contributed by atoms with Crippen LogP contribution in [0.2, 0.25) is 0 Å².